The molecule has 0 aromatic heterocycles. The maximum absolute atomic E-state index is 12.7. The number of sulfonamides is 1. The molecule has 1 aromatic rings. The number of aliphatic hydroxyl groups excluding tert-OH is 1. The van der Waals surface area contributed by atoms with Crippen molar-refractivity contribution in [3.63, 3.8) is 0 Å². The minimum atomic E-state index is -3.48. The minimum Gasteiger partial charge on any atom is -0.392 e. The predicted molar refractivity (Wildman–Crippen MR) is 81.2 cm³/mol. The van der Waals surface area contributed by atoms with E-state index in [4.69, 9.17) is 0 Å². The Morgan fingerprint density at radius 3 is 2.30 bits per heavy atom. The summed E-state index contributed by atoms with van der Waals surface area (Å²) in [6, 6.07) is 3.43. The van der Waals surface area contributed by atoms with Gasteiger partial charge < -0.3 is 5.11 Å². The van der Waals surface area contributed by atoms with Crippen LogP contribution in [0.15, 0.2) is 17.0 Å². The molecular formula is C15H25NO3S. The van der Waals surface area contributed by atoms with Gasteiger partial charge in [0.2, 0.25) is 10.0 Å². The maximum Gasteiger partial charge on any atom is 0.243 e. The third kappa shape index (κ3) is 3.59. The molecule has 0 unspecified atom stereocenters. The lowest BCUT2D eigenvalue weighted by atomic mass is 10.1. The molecule has 0 aliphatic rings. The Morgan fingerprint density at radius 1 is 1.15 bits per heavy atom. The van der Waals surface area contributed by atoms with E-state index in [1.54, 1.807) is 13.0 Å². The largest absolute Gasteiger partial charge is 0.392 e. The highest BCUT2D eigenvalue weighted by Gasteiger charge is 2.25. The average molecular weight is 299 g/mol. The lowest BCUT2D eigenvalue weighted by molar-refractivity contribution is 0.280. The van der Waals surface area contributed by atoms with Gasteiger partial charge in [-0.3, -0.25) is 0 Å². The maximum atomic E-state index is 12.7. The zero-order valence-corrected chi connectivity index (χ0v) is 13.6. The van der Waals surface area contributed by atoms with Crippen LogP contribution in [0.4, 0.5) is 0 Å². The molecule has 1 aromatic carbocycles. The van der Waals surface area contributed by atoms with Crippen LogP contribution in [0.5, 0.6) is 0 Å². The Morgan fingerprint density at radius 2 is 1.80 bits per heavy atom. The molecule has 0 spiro atoms. The summed E-state index contributed by atoms with van der Waals surface area (Å²) in [4.78, 5) is 0.310. The van der Waals surface area contributed by atoms with Crippen LogP contribution in [-0.2, 0) is 16.6 Å². The predicted octanol–water partition coefficient (Wildman–Crippen LogP) is 2.61. The number of hydrogen-bond donors (Lipinski definition) is 1. The SMILES string of the molecule is CCCCN(CC)S(=O)(=O)c1cc(CO)c(C)cc1C. The number of aliphatic hydroxyl groups is 1. The van der Waals surface area contributed by atoms with Crippen molar-refractivity contribution < 1.29 is 13.5 Å². The number of aryl methyl sites for hydroxylation is 2. The smallest absolute Gasteiger partial charge is 0.243 e. The fourth-order valence-corrected chi connectivity index (χ4v) is 3.99. The van der Waals surface area contributed by atoms with Gasteiger partial charge in [0, 0.05) is 13.1 Å². The summed E-state index contributed by atoms with van der Waals surface area (Å²) in [6.45, 7) is 8.43. The van der Waals surface area contributed by atoms with Gasteiger partial charge in [0.05, 0.1) is 11.5 Å². The molecule has 4 nitrogen and oxygen atoms in total. The highest BCUT2D eigenvalue weighted by molar-refractivity contribution is 7.89. The third-order valence-electron chi connectivity index (χ3n) is 3.54. The van der Waals surface area contributed by atoms with Gasteiger partial charge in [-0.2, -0.15) is 4.31 Å². The zero-order valence-electron chi connectivity index (χ0n) is 12.8. The second-order valence-corrected chi connectivity index (χ2v) is 6.96. The fraction of sp³-hybridized carbons (Fsp3) is 0.600. The Kier molecular flexibility index (Phi) is 6.17. The van der Waals surface area contributed by atoms with E-state index < -0.39 is 10.0 Å². The van der Waals surface area contributed by atoms with Crippen LogP contribution in [0.3, 0.4) is 0 Å². The summed E-state index contributed by atoms with van der Waals surface area (Å²) >= 11 is 0. The summed E-state index contributed by atoms with van der Waals surface area (Å²) < 4.78 is 26.9. The van der Waals surface area contributed by atoms with Crippen molar-refractivity contribution in [3.05, 3.63) is 28.8 Å². The first-order valence-corrected chi connectivity index (χ1v) is 8.53. The molecule has 0 fully saturated rings. The third-order valence-corrected chi connectivity index (χ3v) is 5.65. The molecule has 0 aliphatic heterocycles. The van der Waals surface area contributed by atoms with E-state index >= 15 is 0 Å². The van der Waals surface area contributed by atoms with Crippen molar-refractivity contribution in [2.24, 2.45) is 0 Å². The molecule has 0 saturated heterocycles. The molecule has 0 bridgehead atoms. The van der Waals surface area contributed by atoms with Gasteiger partial charge in [-0.05, 0) is 43.0 Å². The van der Waals surface area contributed by atoms with Crippen molar-refractivity contribution in [1.82, 2.24) is 4.31 Å². The topological polar surface area (TPSA) is 57.6 Å². The number of unbranched alkanes of at least 4 members (excludes halogenated alkanes) is 1. The molecule has 0 saturated carbocycles. The monoisotopic (exact) mass is 299 g/mol. The Balaban J connectivity index is 3.26. The van der Waals surface area contributed by atoms with Crippen molar-refractivity contribution in [3.8, 4) is 0 Å². The van der Waals surface area contributed by atoms with Crippen molar-refractivity contribution >= 4 is 10.0 Å². The van der Waals surface area contributed by atoms with Crippen LogP contribution in [0.1, 0.15) is 43.4 Å². The van der Waals surface area contributed by atoms with Crippen LogP contribution in [0.2, 0.25) is 0 Å². The van der Waals surface area contributed by atoms with E-state index in [9.17, 15) is 13.5 Å². The van der Waals surface area contributed by atoms with E-state index in [1.165, 1.54) is 4.31 Å². The highest BCUT2D eigenvalue weighted by atomic mass is 32.2. The van der Waals surface area contributed by atoms with Crippen molar-refractivity contribution in [2.75, 3.05) is 13.1 Å². The van der Waals surface area contributed by atoms with Crippen LogP contribution in [-0.4, -0.2) is 30.9 Å². The molecule has 1 rings (SSSR count). The van der Waals surface area contributed by atoms with E-state index in [0.29, 0.717) is 23.5 Å². The highest BCUT2D eigenvalue weighted by Crippen LogP contribution is 2.24. The second-order valence-electron chi connectivity index (χ2n) is 5.05. The van der Waals surface area contributed by atoms with E-state index in [2.05, 4.69) is 0 Å². The molecular weight excluding hydrogens is 274 g/mol. The molecule has 0 amide bonds. The van der Waals surface area contributed by atoms with Gasteiger partial charge in [0.25, 0.3) is 0 Å². The molecule has 0 atom stereocenters. The normalized spacial score (nSPS) is 12.1. The van der Waals surface area contributed by atoms with Gasteiger partial charge in [0.15, 0.2) is 0 Å². The standard InChI is InChI=1S/C15H25NO3S/c1-5-7-8-16(6-2)20(18,19)15-10-14(11-17)12(3)9-13(15)4/h9-10,17H,5-8,11H2,1-4H3. The quantitative estimate of drug-likeness (QED) is 0.842. The van der Waals surface area contributed by atoms with Gasteiger partial charge in [-0.25, -0.2) is 8.42 Å². The molecule has 0 aliphatic carbocycles. The van der Waals surface area contributed by atoms with Crippen molar-refractivity contribution in [2.45, 2.75) is 52.0 Å². The van der Waals surface area contributed by atoms with Gasteiger partial charge >= 0.3 is 0 Å². The second kappa shape index (κ2) is 7.20. The van der Waals surface area contributed by atoms with Crippen LogP contribution >= 0.6 is 0 Å². The first-order chi connectivity index (χ1) is 9.38. The van der Waals surface area contributed by atoms with Crippen molar-refractivity contribution in [1.29, 1.82) is 0 Å². The zero-order chi connectivity index (χ0) is 15.3. The van der Waals surface area contributed by atoms with Crippen LogP contribution < -0.4 is 0 Å². The van der Waals surface area contributed by atoms with E-state index in [0.717, 1.165) is 24.0 Å². The molecule has 20 heavy (non-hydrogen) atoms. The van der Waals surface area contributed by atoms with Gasteiger partial charge in [-0.1, -0.05) is 26.3 Å². The summed E-state index contributed by atoms with van der Waals surface area (Å²) in [6.07, 6.45) is 1.81. The minimum absolute atomic E-state index is 0.143. The molecule has 0 heterocycles. The fourth-order valence-electron chi connectivity index (χ4n) is 2.24. The molecule has 0 radical (unpaired) electrons. The van der Waals surface area contributed by atoms with E-state index in [1.807, 2.05) is 26.8 Å². The molecule has 5 heteroatoms. The Hall–Kier alpha value is -0.910. The number of rotatable bonds is 7. The first-order valence-electron chi connectivity index (χ1n) is 7.09. The Labute approximate surface area is 122 Å². The lowest BCUT2D eigenvalue weighted by Crippen LogP contribution is -2.32. The summed E-state index contributed by atoms with van der Waals surface area (Å²) in [5.41, 5.74) is 2.32. The van der Waals surface area contributed by atoms with Gasteiger partial charge in [-0.15, -0.1) is 0 Å². The van der Waals surface area contributed by atoms with Crippen LogP contribution in [0, 0.1) is 13.8 Å². The van der Waals surface area contributed by atoms with Gasteiger partial charge in [0.1, 0.15) is 0 Å². The Bertz CT molecular complexity index is 552. The molecule has 114 valence electrons. The summed E-state index contributed by atoms with van der Waals surface area (Å²) in [7, 11) is -3.48. The number of hydrogen-bond acceptors (Lipinski definition) is 3. The summed E-state index contributed by atoms with van der Waals surface area (Å²) in [5.74, 6) is 0. The van der Waals surface area contributed by atoms with E-state index in [-0.39, 0.29) is 6.61 Å². The number of benzene rings is 1. The average Bonchev–Trinajstić information content (AvgIpc) is 2.39. The summed E-state index contributed by atoms with van der Waals surface area (Å²) in [5, 5.41) is 9.33. The number of nitrogens with zero attached hydrogens (tertiary/aromatic N) is 1. The lowest BCUT2D eigenvalue weighted by Gasteiger charge is -2.22. The first kappa shape index (κ1) is 17.1. The van der Waals surface area contributed by atoms with Crippen LogP contribution in [0.25, 0.3) is 0 Å². The molecule has 1 N–H and O–H groups in total.